The number of esters is 1. The van der Waals surface area contributed by atoms with E-state index in [2.05, 4.69) is 0 Å². The molecule has 0 radical (unpaired) electrons. The van der Waals surface area contributed by atoms with Crippen LogP contribution in [-0.2, 0) is 9.53 Å². The molecule has 0 saturated heterocycles. The zero-order valence-corrected chi connectivity index (χ0v) is 15.2. The molecule has 1 aliphatic rings. The van der Waals surface area contributed by atoms with Crippen LogP contribution in [0.25, 0.3) is 6.08 Å². The highest BCUT2D eigenvalue weighted by atomic mass is 16.6. The van der Waals surface area contributed by atoms with Gasteiger partial charge in [-0.1, -0.05) is 42.5 Å². The molecule has 5 nitrogen and oxygen atoms in total. The third kappa shape index (κ3) is 4.44. The first-order valence-electron chi connectivity index (χ1n) is 8.71. The molecule has 0 saturated carbocycles. The molecule has 27 heavy (non-hydrogen) atoms. The molecular weight excluding hydrogens is 344 g/mol. The van der Waals surface area contributed by atoms with Crippen molar-refractivity contribution in [1.82, 2.24) is 0 Å². The van der Waals surface area contributed by atoms with Crippen molar-refractivity contribution in [3.05, 3.63) is 77.6 Å². The van der Waals surface area contributed by atoms with Crippen LogP contribution in [0.3, 0.4) is 0 Å². The van der Waals surface area contributed by atoms with Crippen molar-refractivity contribution in [1.29, 1.82) is 0 Å². The molecule has 1 heterocycles. The van der Waals surface area contributed by atoms with Gasteiger partial charge in [-0.2, -0.15) is 0 Å². The summed E-state index contributed by atoms with van der Waals surface area (Å²) in [6.45, 7) is 3.63. The monoisotopic (exact) mass is 364 g/mol. The number of hydrogen-bond acceptors (Lipinski definition) is 5. The van der Waals surface area contributed by atoms with Crippen LogP contribution in [0.4, 0.5) is 0 Å². The zero-order chi connectivity index (χ0) is 19.2. The van der Waals surface area contributed by atoms with Gasteiger partial charge in [0.1, 0.15) is 11.5 Å². The van der Waals surface area contributed by atoms with Crippen LogP contribution in [0.15, 0.2) is 66.4 Å². The highest BCUT2D eigenvalue weighted by molar-refractivity contribution is 6.12. The van der Waals surface area contributed by atoms with E-state index >= 15 is 0 Å². The number of hydrogen-bond donors (Lipinski definition) is 0. The van der Waals surface area contributed by atoms with Gasteiger partial charge in [-0.15, -0.1) is 0 Å². The fourth-order valence-corrected chi connectivity index (χ4v) is 2.58. The molecule has 0 aliphatic carbocycles. The molecule has 2 aromatic rings. The summed E-state index contributed by atoms with van der Waals surface area (Å²) in [7, 11) is 0. The van der Waals surface area contributed by atoms with Crippen LogP contribution in [0, 0.1) is 0 Å². The standard InChI is InChI=1S/C22H20O5/c1-3-25-22(24)15(2)26-17-12-13-18-20(14-17)27-19(21(18)23)11-7-10-16-8-5-4-6-9-16/h4-15H,3H2,1-2H3/b10-7+,19-11-. The van der Waals surface area contributed by atoms with E-state index in [1.54, 1.807) is 44.2 Å². The van der Waals surface area contributed by atoms with E-state index in [-0.39, 0.29) is 11.5 Å². The van der Waals surface area contributed by atoms with E-state index < -0.39 is 12.1 Å². The predicted octanol–water partition coefficient (Wildman–Crippen LogP) is 4.19. The van der Waals surface area contributed by atoms with Gasteiger partial charge in [0.15, 0.2) is 11.9 Å². The summed E-state index contributed by atoms with van der Waals surface area (Å²) < 4.78 is 16.1. The number of ether oxygens (including phenoxy) is 3. The van der Waals surface area contributed by atoms with Crippen molar-refractivity contribution in [3.8, 4) is 11.5 Å². The Bertz CT molecular complexity index is 896. The van der Waals surface area contributed by atoms with E-state index in [0.29, 0.717) is 23.7 Å². The third-order valence-electron chi connectivity index (χ3n) is 3.91. The summed E-state index contributed by atoms with van der Waals surface area (Å²) in [6, 6.07) is 14.6. The second kappa shape index (κ2) is 8.36. The molecule has 0 amide bonds. The predicted molar refractivity (Wildman–Crippen MR) is 102 cm³/mol. The molecular formula is C22H20O5. The molecule has 1 unspecified atom stereocenters. The quantitative estimate of drug-likeness (QED) is 0.568. The Balaban J connectivity index is 1.70. The first-order valence-corrected chi connectivity index (χ1v) is 8.71. The average Bonchev–Trinajstić information content (AvgIpc) is 2.98. The van der Waals surface area contributed by atoms with Gasteiger partial charge in [0.05, 0.1) is 12.2 Å². The lowest BCUT2D eigenvalue weighted by Gasteiger charge is -2.13. The molecule has 1 atom stereocenters. The van der Waals surface area contributed by atoms with Crippen molar-refractivity contribution in [2.45, 2.75) is 20.0 Å². The summed E-state index contributed by atoms with van der Waals surface area (Å²) in [5.41, 5.74) is 1.49. The van der Waals surface area contributed by atoms with E-state index in [1.807, 2.05) is 36.4 Å². The molecule has 5 heteroatoms. The van der Waals surface area contributed by atoms with Crippen LogP contribution >= 0.6 is 0 Å². The van der Waals surface area contributed by atoms with Gasteiger partial charge in [0, 0.05) is 6.07 Å². The van der Waals surface area contributed by atoms with Crippen LogP contribution < -0.4 is 9.47 Å². The van der Waals surface area contributed by atoms with Crippen molar-refractivity contribution in [2.75, 3.05) is 6.61 Å². The number of fused-ring (bicyclic) bond motifs is 1. The van der Waals surface area contributed by atoms with Gasteiger partial charge in [0.2, 0.25) is 5.78 Å². The summed E-state index contributed by atoms with van der Waals surface area (Å²) in [4.78, 5) is 24.1. The highest BCUT2D eigenvalue weighted by Gasteiger charge is 2.27. The Hall–Kier alpha value is -3.34. The number of rotatable bonds is 6. The SMILES string of the molecule is CCOC(=O)C(C)Oc1ccc2c(c1)O/C(=C\C=C\c1ccccc1)C2=O. The van der Waals surface area contributed by atoms with Crippen molar-refractivity contribution < 1.29 is 23.8 Å². The molecule has 3 rings (SSSR count). The van der Waals surface area contributed by atoms with Crippen molar-refractivity contribution in [3.63, 3.8) is 0 Å². The van der Waals surface area contributed by atoms with E-state index in [1.165, 1.54) is 0 Å². The summed E-state index contributed by atoms with van der Waals surface area (Å²) in [5, 5.41) is 0. The van der Waals surface area contributed by atoms with Gasteiger partial charge in [-0.3, -0.25) is 4.79 Å². The molecule has 2 aromatic carbocycles. The van der Waals surface area contributed by atoms with Gasteiger partial charge in [-0.25, -0.2) is 4.79 Å². The lowest BCUT2D eigenvalue weighted by molar-refractivity contribution is -0.150. The number of carbonyl (C=O) groups is 2. The Morgan fingerprint density at radius 1 is 1.19 bits per heavy atom. The number of ketones is 1. The minimum Gasteiger partial charge on any atom is -0.479 e. The Morgan fingerprint density at radius 2 is 1.96 bits per heavy atom. The fraction of sp³-hybridized carbons (Fsp3) is 0.182. The summed E-state index contributed by atoms with van der Waals surface area (Å²) in [5.74, 6) is 0.457. The maximum absolute atomic E-state index is 12.4. The maximum atomic E-state index is 12.4. The fourth-order valence-electron chi connectivity index (χ4n) is 2.58. The molecule has 0 aromatic heterocycles. The van der Waals surface area contributed by atoms with Crippen molar-refractivity contribution in [2.24, 2.45) is 0 Å². The third-order valence-corrected chi connectivity index (χ3v) is 3.91. The molecule has 138 valence electrons. The van der Waals surface area contributed by atoms with Gasteiger partial charge in [-0.05, 0) is 37.6 Å². The summed E-state index contributed by atoms with van der Waals surface area (Å²) >= 11 is 0. The average molecular weight is 364 g/mol. The molecule has 0 N–H and O–H groups in total. The van der Waals surface area contributed by atoms with E-state index in [0.717, 1.165) is 5.56 Å². The lowest BCUT2D eigenvalue weighted by atomic mass is 10.1. The Morgan fingerprint density at radius 3 is 2.70 bits per heavy atom. The smallest absolute Gasteiger partial charge is 0.347 e. The normalized spacial score (nSPS) is 15.5. The van der Waals surface area contributed by atoms with Crippen LogP contribution in [0.5, 0.6) is 11.5 Å². The van der Waals surface area contributed by atoms with Crippen LogP contribution in [-0.4, -0.2) is 24.5 Å². The van der Waals surface area contributed by atoms with Crippen LogP contribution in [0.1, 0.15) is 29.8 Å². The topological polar surface area (TPSA) is 61.8 Å². The molecule has 1 aliphatic heterocycles. The van der Waals surface area contributed by atoms with Gasteiger partial charge >= 0.3 is 5.97 Å². The zero-order valence-electron chi connectivity index (χ0n) is 15.2. The number of Topliss-reactive ketones (excluding diaryl/α,β-unsaturated/α-hetero) is 1. The van der Waals surface area contributed by atoms with E-state index in [9.17, 15) is 9.59 Å². The molecule has 0 spiro atoms. The number of allylic oxidation sites excluding steroid dienone is 3. The van der Waals surface area contributed by atoms with Gasteiger partial charge < -0.3 is 14.2 Å². The first kappa shape index (κ1) is 18.5. The first-order chi connectivity index (χ1) is 13.1. The second-order valence-electron chi connectivity index (χ2n) is 5.90. The van der Waals surface area contributed by atoms with Crippen LogP contribution in [0.2, 0.25) is 0 Å². The lowest BCUT2D eigenvalue weighted by Crippen LogP contribution is -2.26. The van der Waals surface area contributed by atoms with E-state index in [4.69, 9.17) is 14.2 Å². The minimum atomic E-state index is -0.746. The Kier molecular flexibility index (Phi) is 5.71. The number of carbonyl (C=O) groups excluding carboxylic acids is 2. The minimum absolute atomic E-state index is 0.187. The Labute approximate surface area is 157 Å². The highest BCUT2D eigenvalue weighted by Crippen LogP contribution is 2.34. The maximum Gasteiger partial charge on any atom is 0.347 e. The van der Waals surface area contributed by atoms with Crippen molar-refractivity contribution >= 4 is 17.8 Å². The second-order valence-corrected chi connectivity index (χ2v) is 5.90. The number of benzene rings is 2. The summed E-state index contributed by atoms with van der Waals surface area (Å²) in [6.07, 6.45) is 4.55. The largest absolute Gasteiger partial charge is 0.479 e. The molecule has 0 bridgehead atoms. The molecule has 0 fully saturated rings. The van der Waals surface area contributed by atoms with Gasteiger partial charge in [0.25, 0.3) is 0 Å².